The maximum atomic E-state index is 12.0. The van der Waals surface area contributed by atoms with Gasteiger partial charge in [0.1, 0.15) is 5.60 Å². The molecule has 2 aromatic rings. The summed E-state index contributed by atoms with van der Waals surface area (Å²) in [6.07, 6.45) is -0.503. The van der Waals surface area contributed by atoms with Gasteiger partial charge in [-0.25, -0.2) is 4.79 Å². The highest BCUT2D eigenvalue weighted by molar-refractivity contribution is 9.10. The summed E-state index contributed by atoms with van der Waals surface area (Å²) < 4.78 is 7.70. The quantitative estimate of drug-likeness (QED) is 0.886. The van der Waals surface area contributed by atoms with Crippen molar-refractivity contribution in [3.63, 3.8) is 0 Å². The lowest BCUT2D eigenvalue weighted by Gasteiger charge is -2.20. The van der Waals surface area contributed by atoms with Crippen LogP contribution in [0.3, 0.4) is 0 Å². The zero-order valence-electron chi connectivity index (χ0n) is 13.1. The van der Waals surface area contributed by atoms with Gasteiger partial charge >= 0.3 is 6.09 Å². The molecule has 0 unspecified atom stereocenters. The van der Waals surface area contributed by atoms with E-state index in [-0.39, 0.29) is 12.1 Å². The molecule has 0 spiro atoms. The molecule has 0 saturated heterocycles. The van der Waals surface area contributed by atoms with E-state index >= 15 is 0 Å². The van der Waals surface area contributed by atoms with Crippen LogP contribution in [0.5, 0.6) is 0 Å². The molecule has 1 heterocycles. The van der Waals surface area contributed by atoms with Crippen LogP contribution in [0, 0.1) is 0 Å². The summed E-state index contributed by atoms with van der Waals surface area (Å²) >= 11 is 3.43. The Bertz CT molecular complexity index is 775. The molecule has 1 amide bonds. The van der Waals surface area contributed by atoms with Gasteiger partial charge in [0.2, 0.25) is 0 Å². The second kappa shape index (κ2) is 6.12. The fourth-order valence-corrected chi connectivity index (χ4v) is 2.49. The Morgan fingerprint density at radius 2 is 2.00 bits per heavy atom. The number of carbonyl (C=O) groups is 1. The molecule has 6 heteroatoms. The number of aryl methyl sites for hydroxylation is 1. The molecule has 1 N–H and O–H groups in total. The number of aromatic nitrogens is 1. The van der Waals surface area contributed by atoms with E-state index in [1.165, 1.54) is 6.07 Å². The first-order valence-corrected chi connectivity index (χ1v) is 7.72. The number of amides is 1. The molecule has 2 rings (SSSR count). The maximum Gasteiger partial charge on any atom is 0.407 e. The van der Waals surface area contributed by atoms with Crippen molar-refractivity contribution in [3.05, 3.63) is 44.7 Å². The Morgan fingerprint density at radius 3 is 2.64 bits per heavy atom. The van der Waals surface area contributed by atoms with Crippen molar-refractivity contribution in [2.45, 2.75) is 32.9 Å². The normalized spacial score (nSPS) is 11.5. The smallest absolute Gasteiger partial charge is 0.407 e. The molecule has 0 fully saturated rings. The monoisotopic (exact) mass is 366 g/mol. The number of rotatable bonds is 2. The maximum absolute atomic E-state index is 12.0. The minimum atomic E-state index is -0.554. The standard InChI is InChI=1S/C16H19BrN2O3/c1-16(2,3)22-15(21)18-9-10-7-14(20)19(4)13-6-5-11(17)8-12(10)13/h5-8H,9H2,1-4H3,(H,18,21). The molecule has 0 atom stereocenters. The topological polar surface area (TPSA) is 60.3 Å². The molecule has 0 bridgehead atoms. The number of carbonyl (C=O) groups excluding carboxylic acids is 1. The number of nitrogens with one attached hydrogen (secondary N) is 1. The van der Waals surface area contributed by atoms with Gasteiger partial charge in [0, 0.05) is 29.5 Å². The third kappa shape index (κ3) is 3.88. The van der Waals surface area contributed by atoms with E-state index < -0.39 is 11.7 Å². The lowest BCUT2D eigenvalue weighted by atomic mass is 10.1. The van der Waals surface area contributed by atoms with Gasteiger partial charge < -0.3 is 14.6 Å². The number of alkyl carbamates (subject to hydrolysis) is 1. The van der Waals surface area contributed by atoms with Gasteiger partial charge in [0.15, 0.2) is 0 Å². The van der Waals surface area contributed by atoms with Crippen LogP contribution in [0.2, 0.25) is 0 Å². The molecular weight excluding hydrogens is 348 g/mol. The Labute approximate surface area is 137 Å². The van der Waals surface area contributed by atoms with E-state index in [1.807, 2.05) is 18.2 Å². The Morgan fingerprint density at radius 1 is 1.32 bits per heavy atom. The largest absolute Gasteiger partial charge is 0.444 e. The summed E-state index contributed by atoms with van der Waals surface area (Å²) in [6.45, 7) is 5.64. The summed E-state index contributed by atoms with van der Waals surface area (Å²) in [5, 5.41) is 3.60. The Kier molecular flexibility index (Phi) is 4.60. The van der Waals surface area contributed by atoms with Crippen molar-refractivity contribution in [1.29, 1.82) is 0 Å². The van der Waals surface area contributed by atoms with E-state index in [2.05, 4.69) is 21.2 Å². The lowest BCUT2D eigenvalue weighted by Crippen LogP contribution is -2.32. The van der Waals surface area contributed by atoms with Crippen LogP contribution in [0.25, 0.3) is 10.9 Å². The fourth-order valence-electron chi connectivity index (χ4n) is 2.13. The average molecular weight is 367 g/mol. The van der Waals surface area contributed by atoms with Crippen LogP contribution in [0.4, 0.5) is 4.79 Å². The number of halogens is 1. The summed E-state index contributed by atoms with van der Waals surface area (Å²) in [5.74, 6) is 0. The van der Waals surface area contributed by atoms with Gasteiger partial charge in [0.25, 0.3) is 5.56 Å². The van der Waals surface area contributed by atoms with E-state index in [1.54, 1.807) is 32.4 Å². The fraction of sp³-hybridized carbons (Fsp3) is 0.375. The molecule has 0 aliphatic rings. The highest BCUT2D eigenvalue weighted by atomic mass is 79.9. The van der Waals surface area contributed by atoms with Gasteiger partial charge in [-0.3, -0.25) is 4.79 Å². The molecule has 0 aliphatic heterocycles. The summed E-state index contributed by atoms with van der Waals surface area (Å²) in [5.41, 5.74) is 0.903. The second-order valence-electron chi connectivity index (χ2n) is 6.08. The third-order valence-corrected chi connectivity index (χ3v) is 3.61. The van der Waals surface area contributed by atoms with Crippen molar-refractivity contribution in [2.75, 3.05) is 0 Å². The molecule has 0 radical (unpaired) electrons. The second-order valence-corrected chi connectivity index (χ2v) is 7.00. The van der Waals surface area contributed by atoms with Gasteiger partial charge in [-0.1, -0.05) is 15.9 Å². The zero-order chi connectivity index (χ0) is 16.5. The van der Waals surface area contributed by atoms with Crippen molar-refractivity contribution in [3.8, 4) is 0 Å². The van der Waals surface area contributed by atoms with Crippen LogP contribution < -0.4 is 10.9 Å². The van der Waals surface area contributed by atoms with Gasteiger partial charge in [-0.2, -0.15) is 0 Å². The SMILES string of the molecule is Cn1c(=O)cc(CNC(=O)OC(C)(C)C)c2cc(Br)ccc21. The molecular formula is C16H19BrN2O3. The van der Waals surface area contributed by atoms with Crippen LogP contribution in [0.15, 0.2) is 33.5 Å². The van der Waals surface area contributed by atoms with Gasteiger partial charge in [-0.15, -0.1) is 0 Å². The Hall–Kier alpha value is -1.82. The first-order chi connectivity index (χ1) is 10.2. The van der Waals surface area contributed by atoms with E-state index in [0.717, 1.165) is 20.9 Å². The Balaban J connectivity index is 2.32. The molecule has 1 aromatic carbocycles. The van der Waals surface area contributed by atoms with Crippen molar-refractivity contribution in [2.24, 2.45) is 7.05 Å². The van der Waals surface area contributed by atoms with Gasteiger partial charge in [0.05, 0.1) is 5.52 Å². The van der Waals surface area contributed by atoms with Crippen LogP contribution >= 0.6 is 15.9 Å². The predicted molar refractivity (Wildman–Crippen MR) is 90.0 cm³/mol. The number of pyridine rings is 1. The number of hydrogen-bond donors (Lipinski definition) is 1. The van der Waals surface area contributed by atoms with E-state index in [9.17, 15) is 9.59 Å². The van der Waals surface area contributed by atoms with Gasteiger partial charge in [-0.05, 0) is 44.5 Å². The molecule has 0 aliphatic carbocycles. The molecule has 1 aromatic heterocycles. The highest BCUT2D eigenvalue weighted by Gasteiger charge is 2.16. The number of benzene rings is 1. The average Bonchev–Trinajstić information content (AvgIpc) is 2.39. The predicted octanol–water partition coefficient (Wildman–Crippen LogP) is 3.33. The number of ether oxygens (including phenoxy) is 1. The molecule has 118 valence electrons. The number of hydrogen-bond acceptors (Lipinski definition) is 3. The first kappa shape index (κ1) is 16.5. The molecule has 22 heavy (non-hydrogen) atoms. The first-order valence-electron chi connectivity index (χ1n) is 6.92. The summed E-state index contributed by atoms with van der Waals surface area (Å²) in [7, 11) is 1.73. The highest BCUT2D eigenvalue weighted by Crippen LogP contribution is 2.21. The van der Waals surface area contributed by atoms with E-state index in [4.69, 9.17) is 4.74 Å². The number of fused-ring (bicyclic) bond motifs is 1. The van der Waals surface area contributed by atoms with Crippen LogP contribution in [-0.4, -0.2) is 16.3 Å². The number of nitrogens with zero attached hydrogens (tertiary/aromatic N) is 1. The summed E-state index contributed by atoms with van der Waals surface area (Å²) in [4.78, 5) is 23.8. The van der Waals surface area contributed by atoms with Crippen molar-refractivity contribution in [1.82, 2.24) is 9.88 Å². The lowest BCUT2D eigenvalue weighted by molar-refractivity contribution is 0.0524. The summed E-state index contributed by atoms with van der Waals surface area (Å²) in [6, 6.07) is 7.22. The third-order valence-electron chi connectivity index (χ3n) is 3.12. The van der Waals surface area contributed by atoms with Crippen LogP contribution in [0.1, 0.15) is 26.3 Å². The minimum Gasteiger partial charge on any atom is -0.444 e. The zero-order valence-corrected chi connectivity index (χ0v) is 14.7. The van der Waals surface area contributed by atoms with Crippen molar-refractivity contribution < 1.29 is 9.53 Å². The molecule has 5 nitrogen and oxygen atoms in total. The molecule has 0 saturated carbocycles. The van der Waals surface area contributed by atoms with Crippen molar-refractivity contribution >= 4 is 32.9 Å². The van der Waals surface area contributed by atoms with Crippen LogP contribution in [-0.2, 0) is 18.3 Å². The van der Waals surface area contributed by atoms with E-state index in [0.29, 0.717) is 0 Å². The minimum absolute atomic E-state index is 0.115.